The van der Waals surface area contributed by atoms with Gasteiger partial charge in [0.2, 0.25) is 0 Å². The average molecular weight is 591 g/mol. The number of esters is 1. The van der Waals surface area contributed by atoms with E-state index in [1.807, 2.05) is 30.3 Å². The summed E-state index contributed by atoms with van der Waals surface area (Å²) >= 11 is 0. The Labute approximate surface area is 259 Å². The maximum Gasteiger partial charge on any atom is 0.338 e. The monoisotopic (exact) mass is 590 g/mol. The molecular weight excluding hydrogens is 536 g/mol. The highest BCUT2D eigenvalue weighted by Crippen LogP contribution is 2.69. The van der Waals surface area contributed by atoms with Crippen LogP contribution in [-0.2, 0) is 19.0 Å². The number of hydrogen-bond acceptors (Lipinski definition) is 5. The van der Waals surface area contributed by atoms with Crippen LogP contribution in [0.4, 0.5) is 0 Å². The topological polar surface area (TPSA) is 61.8 Å². The molecule has 1 aromatic rings. The first-order valence-corrected chi connectivity index (χ1v) is 17.4. The first kappa shape index (κ1) is 31.0. The lowest BCUT2D eigenvalue weighted by molar-refractivity contribution is -0.242. The van der Waals surface area contributed by atoms with Crippen molar-refractivity contribution >= 4 is 11.8 Å². The molecule has 0 amide bonds. The first-order valence-electron chi connectivity index (χ1n) is 17.4. The van der Waals surface area contributed by atoms with Gasteiger partial charge in [-0.15, -0.1) is 0 Å². The summed E-state index contributed by atoms with van der Waals surface area (Å²) in [6.45, 7) is 11.0. The molecule has 5 fully saturated rings. The highest BCUT2D eigenvalue weighted by Gasteiger charge is 2.65. The fourth-order valence-corrected chi connectivity index (χ4v) is 10.9. The molecule has 0 radical (unpaired) electrons. The van der Waals surface area contributed by atoms with Gasteiger partial charge in [-0.1, -0.05) is 52.0 Å². The molecule has 1 aromatic carbocycles. The number of fused-ring (bicyclic) bond motifs is 5. The van der Waals surface area contributed by atoms with E-state index in [0.717, 1.165) is 44.9 Å². The minimum Gasteiger partial charge on any atom is -0.458 e. The zero-order valence-corrected chi connectivity index (χ0v) is 27.0. The second kappa shape index (κ2) is 12.4. The number of benzene rings is 1. The molecule has 9 atom stereocenters. The third-order valence-corrected chi connectivity index (χ3v) is 13.1. The predicted octanol–water partition coefficient (Wildman–Crippen LogP) is 8.57. The number of ketones is 1. The molecule has 4 aliphatic carbocycles. The van der Waals surface area contributed by atoms with Crippen LogP contribution in [0.25, 0.3) is 0 Å². The fourth-order valence-electron chi connectivity index (χ4n) is 10.9. The third-order valence-electron chi connectivity index (χ3n) is 13.1. The molecule has 0 bridgehead atoms. The van der Waals surface area contributed by atoms with Gasteiger partial charge in [0.25, 0.3) is 0 Å². The Bertz CT molecular complexity index is 1170. The van der Waals surface area contributed by atoms with Crippen molar-refractivity contribution in [3.8, 4) is 0 Å². The van der Waals surface area contributed by atoms with Crippen LogP contribution in [0.15, 0.2) is 42.5 Å². The van der Waals surface area contributed by atoms with Gasteiger partial charge in [0, 0.05) is 25.2 Å². The number of ether oxygens (including phenoxy) is 3. The summed E-state index contributed by atoms with van der Waals surface area (Å²) in [6.07, 6.45) is 16.4. The van der Waals surface area contributed by atoms with Crippen LogP contribution in [0, 0.1) is 46.3 Å². The highest BCUT2D eigenvalue weighted by atomic mass is 16.7. The molecule has 6 rings (SSSR count). The van der Waals surface area contributed by atoms with E-state index < -0.39 is 5.79 Å². The van der Waals surface area contributed by atoms with Crippen LogP contribution in [0.2, 0.25) is 0 Å². The molecule has 0 aromatic heterocycles. The number of hydrogen-bond donors (Lipinski definition) is 0. The van der Waals surface area contributed by atoms with Crippen molar-refractivity contribution in [2.24, 2.45) is 46.3 Å². The maximum absolute atomic E-state index is 13.6. The fraction of sp³-hybridized carbons (Fsp3) is 0.737. The maximum atomic E-state index is 13.6. The van der Waals surface area contributed by atoms with Gasteiger partial charge in [0.15, 0.2) is 11.6 Å². The third kappa shape index (κ3) is 5.78. The van der Waals surface area contributed by atoms with Crippen molar-refractivity contribution in [3.63, 3.8) is 0 Å². The zero-order chi connectivity index (χ0) is 30.2. The number of carbonyl (C=O) groups is 2. The lowest BCUT2D eigenvalue weighted by atomic mass is 9.43. The molecule has 1 aliphatic heterocycles. The average Bonchev–Trinajstić information content (AvgIpc) is 3.60. The molecule has 1 spiro atoms. The van der Waals surface area contributed by atoms with Crippen molar-refractivity contribution < 1.29 is 23.8 Å². The minimum absolute atomic E-state index is 0.0708. The summed E-state index contributed by atoms with van der Waals surface area (Å²) in [5, 5.41) is 0. The molecular formula is C38H54O5. The van der Waals surface area contributed by atoms with E-state index in [4.69, 9.17) is 14.2 Å². The summed E-state index contributed by atoms with van der Waals surface area (Å²) in [4.78, 5) is 25.5. The Kier molecular flexibility index (Phi) is 8.97. The number of rotatable bonds is 9. The van der Waals surface area contributed by atoms with Crippen LogP contribution >= 0.6 is 0 Å². The van der Waals surface area contributed by atoms with E-state index in [1.165, 1.54) is 25.7 Å². The summed E-state index contributed by atoms with van der Waals surface area (Å²) < 4.78 is 19.1. The van der Waals surface area contributed by atoms with E-state index in [-0.39, 0.29) is 28.7 Å². The lowest BCUT2D eigenvalue weighted by Gasteiger charge is -2.63. The standard InChI is InChI=1S/C38H54O5/c1-5-11-29(39)15-10-9-12-26(2)30-16-17-31-34-32(18-19-37(30,31)4)36(3)20-21-38(41-22-23-42-38)25-28(36)24-33(34)43-35(40)27-13-7-6-8-14-27/h6-8,10,13-15,26,28,30-34H,5,9,11-12,16-25H2,1-4H3/b15-10+/t26-,28+,30?,31?,32?,33-,34?,36+,37?/m1/s1. The van der Waals surface area contributed by atoms with Gasteiger partial charge in [-0.25, -0.2) is 4.79 Å². The van der Waals surface area contributed by atoms with Gasteiger partial charge in [0.1, 0.15) is 6.10 Å². The molecule has 236 valence electrons. The van der Waals surface area contributed by atoms with E-state index in [2.05, 4.69) is 33.8 Å². The molecule has 43 heavy (non-hydrogen) atoms. The smallest absolute Gasteiger partial charge is 0.338 e. The van der Waals surface area contributed by atoms with Crippen molar-refractivity contribution in [2.45, 2.75) is 117 Å². The summed E-state index contributed by atoms with van der Waals surface area (Å²) in [5.74, 6) is 2.88. The van der Waals surface area contributed by atoms with Gasteiger partial charge < -0.3 is 14.2 Å². The SMILES string of the molecule is CCCC(=O)/C=C/CC[C@@H](C)C1CCC2C3C(CCC21C)[C@@]1(C)CCC2(C[C@@H]1C[C@H]3OC(=O)c1ccccc1)OCCO2. The zero-order valence-electron chi connectivity index (χ0n) is 27.0. The predicted molar refractivity (Wildman–Crippen MR) is 168 cm³/mol. The largest absolute Gasteiger partial charge is 0.458 e. The van der Waals surface area contributed by atoms with Crippen LogP contribution < -0.4 is 0 Å². The van der Waals surface area contributed by atoms with Gasteiger partial charge >= 0.3 is 5.97 Å². The van der Waals surface area contributed by atoms with Crippen LogP contribution in [0.1, 0.15) is 115 Å². The molecule has 5 heteroatoms. The first-order chi connectivity index (χ1) is 20.7. The van der Waals surface area contributed by atoms with Gasteiger partial charge in [-0.05, 0) is 116 Å². The summed E-state index contributed by atoms with van der Waals surface area (Å²) in [5.41, 5.74) is 1.13. The van der Waals surface area contributed by atoms with Gasteiger partial charge in [-0.3, -0.25) is 4.79 Å². The van der Waals surface area contributed by atoms with Crippen LogP contribution in [0.3, 0.4) is 0 Å². The summed E-state index contributed by atoms with van der Waals surface area (Å²) in [7, 11) is 0. The van der Waals surface area contributed by atoms with Crippen molar-refractivity contribution in [3.05, 3.63) is 48.0 Å². The molecule has 1 heterocycles. The number of carbonyl (C=O) groups excluding carboxylic acids is 2. The molecule has 1 saturated heterocycles. The summed E-state index contributed by atoms with van der Waals surface area (Å²) in [6, 6.07) is 9.56. The molecule has 5 nitrogen and oxygen atoms in total. The Hall–Kier alpha value is -1.98. The van der Waals surface area contributed by atoms with E-state index in [0.29, 0.717) is 60.7 Å². The molecule has 5 unspecified atom stereocenters. The van der Waals surface area contributed by atoms with Gasteiger partial charge in [0.05, 0.1) is 18.8 Å². The van der Waals surface area contributed by atoms with E-state index in [9.17, 15) is 9.59 Å². The van der Waals surface area contributed by atoms with Crippen molar-refractivity contribution in [1.29, 1.82) is 0 Å². The van der Waals surface area contributed by atoms with E-state index >= 15 is 0 Å². The molecule has 0 N–H and O–H groups in total. The van der Waals surface area contributed by atoms with Crippen molar-refractivity contribution in [1.82, 2.24) is 0 Å². The molecule has 4 saturated carbocycles. The Morgan fingerprint density at radius 2 is 1.74 bits per heavy atom. The quantitative estimate of drug-likeness (QED) is 0.213. The Morgan fingerprint density at radius 3 is 2.49 bits per heavy atom. The second-order valence-corrected chi connectivity index (χ2v) is 15.3. The van der Waals surface area contributed by atoms with Gasteiger partial charge in [-0.2, -0.15) is 0 Å². The van der Waals surface area contributed by atoms with Crippen LogP contribution in [0.5, 0.6) is 0 Å². The lowest BCUT2D eigenvalue weighted by Crippen LogP contribution is -2.60. The van der Waals surface area contributed by atoms with E-state index in [1.54, 1.807) is 6.08 Å². The van der Waals surface area contributed by atoms with Crippen molar-refractivity contribution in [2.75, 3.05) is 13.2 Å². The highest BCUT2D eigenvalue weighted by molar-refractivity contribution is 5.89. The Morgan fingerprint density at radius 1 is 1.00 bits per heavy atom. The van der Waals surface area contributed by atoms with Crippen LogP contribution in [-0.4, -0.2) is 36.9 Å². The molecule has 5 aliphatic rings. The number of allylic oxidation sites excluding steroid dienone is 2. The minimum atomic E-state index is -0.433. The Balaban J connectivity index is 1.23. The normalized spacial score (nSPS) is 38.8. The second-order valence-electron chi connectivity index (χ2n) is 15.3.